The number of oxazole rings is 1. The van der Waals surface area contributed by atoms with Crippen molar-refractivity contribution < 1.29 is 17.6 Å². The molecular weight excluding hydrogens is 197 g/mol. The number of hydrogen-bond acceptors (Lipinski definition) is 3. The van der Waals surface area contributed by atoms with Crippen LogP contribution in [0.4, 0.5) is 19.2 Å². The van der Waals surface area contributed by atoms with Crippen LogP contribution in [0.3, 0.4) is 0 Å². The Morgan fingerprint density at radius 3 is 2.79 bits per heavy atom. The SMILES string of the molecule is Nc1nc2c(o1)CCC(C(F)(F)F)C2. The summed E-state index contributed by atoms with van der Waals surface area (Å²) in [5, 5.41) is 0. The van der Waals surface area contributed by atoms with Gasteiger partial charge in [-0.15, -0.1) is 0 Å². The lowest BCUT2D eigenvalue weighted by atomic mass is 9.90. The van der Waals surface area contributed by atoms with E-state index in [0.29, 0.717) is 11.5 Å². The van der Waals surface area contributed by atoms with E-state index in [-0.39, 0.29) is 25.3 Å². The van der Waals surface area contributed by atoms with Crippen molar-refractivity contribution in [3.8, 4) is 0 Å². The van der Waals surface area contributed by atoms with Crippen LogP contribution in [0.1, 0.15) is 17.9 Å². The van der Waals surface area contributed by atoms with Crippen molar-refractivity contribution in [3.63, 3.8) is 0 Å². The Bertz CT molecular complexity index is 345. The maximum absolute atomic E-state index is 12.4. The molecule has 78 valence electrons. The van der Waals surface area contributed by atoms with Crippen LogP contribution in [-0.2, 0) is 12.8 Å². The Hall–Kier alpha value is -1.20. The van der Waals surface area contributed by atoms with E-state index in [4.69, 9.17) is 10.2 Å². The molecule has 2 rings (SSSR count). The van der Waals surface area contributed by atoms with Crippen LogP contribution >= 0.6 is 0 Å². The number of aryl methyl sites for hydroxylation is 1. The van der Waals surface area contributed by atoms with Crippen LogP contribution in [-0.4, -0.2) is 11.2 Å². The summed E-state index contributed by atoms with van der Waals surface area (Å²) in [6.45, 7) is 0. The first-order chi connectivity index (χ1) is 6.47. The summed E-state index contributed by atoms with van der Waals surface area (Å²) in [6.07, 6.45) is -3.93. The number of alkyl halides is 3. The van der Waals surface area contributed by atoms with Gasteiger partial charge in [0.25, 0.3) is 6.01 Å². The Morgan fingerprint density at radius 2 is 2.14 bits per heavy atom. The second-order valence-electron chi connectivity index (χ2n) is 3.40. The summed E-state index contributed by atoms with van der Waals surface area (Å²) < 4.78 is 42.0. The summed E-state index contributed by atoms with van der Waals surface area (Å²) >= 11 is 0. The molecule has 0 amide bonds. The van der Waals surface area contributed by atoms with Gasteiger partial charge in [-0.1, -0.05) is 0 Å². The summed E-state index contributed by atoms with van der Waals surface area (Å²) in [7, 11) is 0. The zero-order chi connectivity index (χ0) is 10.3. The molecule has 0 aromatic carbocycles. The van der Waals surface area contributed by atoms with E-state index in [9.17, 15) is 13.2 Å². The lowest BCUT2D eigenvalue weighted by Gasteiger charge is -2.22. The molecule has 0 fully saturated rings. The number of aromatic nitrogens is 1. The number of hydrogen-bond donors (Lipinski definition) is 1. The molecule has 1 aliphatic carbocycles. The van der Waals surface area contributed by atoms with Crippen molar-refractivity contribution >= 4 is 6.01 Å². The molecule has 1 aromatic heterocycles. The third kappa shape index (κ3) is 1.56. The maximum atomic E-state index is 12.4. The van der Waals surface area contributed by atoms with Crippen molar-refractivity contribution in [1.82, 2.24) is 4.98 Å². The zero-order valence-electron chi connectivity index (χ0n) is 7.27. The molecule has 1 aliphatic rings. The third-order valence-electron chi connectivity index (χ3n) is 2.42. The minimum Gasteiger partial charge on any atom is -0.429 e. The molecule has 1 atom stereocenters. The largest absolute Gasteiger partial charge is 0.429 e. The average Bonchev–Trinajstić information content (AvgIpc) is 2.41. The first-order valence-electron chi connectivity index (χ1n) is 4.27. The summed E-state index contributed by atoms with van der Waals surface area (Å²) in [4.78, 5) is 3.73. The molecule has 0 saturated heterocycles. The fourth-order valence-electron chi connectivity index (χ4n) is 1.68. The van der Waals surface area contributed by atoms with Gasteiger partial charge in [0.05, 0.1) is 11.6 Å². The fourth-order valence-corrected chi connectivity index (χ4v) is 1.68. The smallest absolute Gasteiger partial charge is 0.392 e. The topological polar surface area (TPSA) is 52.0 Å². The maximum Gasteiger partial charge on any atom is 0.392 e. The molecule has 3 nitrogen and oxygen atoms in total. The van der Waals surface area contributed by atoms with Gasteiger partial charge >= 0.3 is 6.18 Å². The van der Waals surface area contributed by atoms with Crippen LogP contribution < -0.4 is 5.73 Å². The summed E-state index contributed by atoms with van der Waals surface area (Å²) in [5.41, 5.74) is 5.61. The second kappa shape index (κ2) is 2.90. The van der Waals surface area contributed by atoms with Crippen molar-refractivity contribution in [2.45, 2.75) is 25.4 Å². The van der Waals surface area contributed by atoms with Crippen LogP contribution in [0, 0.1) is 5.92 Å². The molecule has 0 saturated carbocycles. The van der Waals surface area contributed by atoms with Crippen LogP contribution in [0.5, 0.6) is 0 Å². The van der Waals surface area contributed by atoms with E-state index >= 15 is 0 Å². The van der Waals surface area contributed by atoms with Gasteiger partial charge < -0.3 is 10.2 Å². The van der Waals surface area contributed by atoms with E-state index in [1.54, 1.807) is 0 Å². The number of fused-ring (bicyclic) bond motifs is 1. The highest BCUT2D eigenvalue weighted by Crippen LogP contribution is 2.37. The number of nitrogens with two attached hydrogens (primary N) is 1. The molecule has 0 radical (unpaired) electrons. The van der Waals surface area contributed by atoms with Gasteiger partial charge in [-0.05, 0) is 6.42 Å². The normalized spacial score (nSPS) is 22.1. The number of rotatable bonds is 0. The predicted octanol–water partition coefficient (Wildman–Crippen LogP) is 1.92. The fraction of sp³-hybridized carbons (Fsp3) is 0.625. The van der Waals surface area contributed by atoms with Gasteiger partial charge in [0.15, 0.2) is 0 Å². The van der Waals surface area contributed by atoms with Gasteiger partial charge in [0.2, 0.25) is 0 Å². The lowest BCUT2D eigenvalue weighted by Crippen LogP contribution is -2.28. The Morgan fingerprint density at radius 1 is 1.43 bits per heavy atom. The van der Waals surface area contributed by atoms with E-state index < -0.39 is 12.1 Å². The van der Waals surface area contributed by atoms with Crippen molar-refractivity contribution in [1.29, 1.82) is 0 Å². The van der Waals surface area contributed by atoms with Gasteiger partial charge in [0, 0.05) is 12.8 Å². The number of nitrogen functional groups attached to an aromatic ring is 1. The first kappa shape index (κ1) is 9.36. The van der Waals surface area contributed by atoms with Gasteiger partial charge in [-0.3, -0.25) is 0 Å². The molecule has 0 bridgehead atoms. The summed E-state index contributed by atoms with van der Waals surface area (Å²) in [6, 6.07) is -0.0437. The standard InChI is InChI=1S/C8H9F3N2O/c9-8(10,11)4-1-2-6-5(3-4)13-7(12)14-6/h4H,1-3H2,(H2,12,13). The van der Waals surface area contributed by atoms with Crippen molar-refractivity contribution in [3.05, 3.63) is 11.5 Å². The highest BCUT2D eigenvalue weighted by molar-refractivity contribution is 5.22. The Labute approximate surface area is 78.1 Å². The summed E-state index contributed by atoms with van der Waals surface area (Å²) in [5.74, 6) is -0.803. The number of halogens is 3. The quantitative estimate of drug-likeness (QED) is 0.705. The second-order valence-corrected chi connectivity index (χ2v) is 3.40. The average molecular weight is 206 g/mol. The van der Waals surface area contributed by atoms with Gasteiger partial charge in [-0.2, -0.15) is 18.2 Å². The van der Waals surface area contributed by atoms with E-state index in [2.05, 4.69) is 4.98 Å². The van der Waals surface area contributed by atoms with E-state index in [1.165, 1.54) is 0 Å². The highest BCUT2D eigenvalue weighted by atomic mass is 19.4. The molecule has 2 N–H and O–H groups in total. The van der Waals surface area contributed by atoms with Crippen LogP contribution in [0.15, 0.2) is 4.42 Å². The molecule has 0 spiro atoms. The molecule has 0 aliphatic heterocycles. The molecular formula is C8H9F3N2O. The van der Waals surface area contributed by atoms with Crippen molar-refractivity contribution in [2.24, 2.45) is 5.92 Å². The minimum atomic E-state index is -4.15. The van der Waals surface area contributed by atoms with Crippen molar-refractivity contribution in [2.75, 3.05) is 5.73 Å². The predicted molar refractivity (Wildman–Crippen MR) is 42.5 cm³/mol. The Balaban J connectivity index is 2.21. The molecule has 1 heterocycles. The monoisotopic (exact) mass is 206 g/mol. The molecule has 6 heteroatoms. The van der Waals surface area contributed by atoms with Gasteiger partial charge in [0.1, 0.15) is 5.76 Å². The Kier molecular flexibility index (Phi) is 1.94. The minimum absolute atomic E-state index is 0.0437. The third-order valence-corrected chi connectivity index (χ3v) is 2.42. The molecule has 14 heavy (non-hydrogen) atoms. The van der Waals surface area contributed by atoms with Crippen LogP contribution in [0.2, 0.25) is 0 Å². The molecule has 1 unspecified atom stereocenters. The number of anilines is 1. The lowest BCUT2D eigenvalue weighted by molar-refractivity contribution is -0.177. The first-order valence-corrected chi connectivity index (χ1v) is 4.27. The van der Waals surface area contributed by atoms with Crippen LogP contribution in [0.25, 0.3) is 0 Å². The van der Waals surface area contributed by atoms with E-state index in [0.717, 1.165) is 0 Å². The van der Waals surface area contributed by atoms with E-state index in [1.807, 2.05) is 0 Å². The number of nitrogens with zero attached hydrogens (tertiary/aromatic N) is 1. The van der Waals surface area contributed by atoms with Gasteiger partial charge in [-0.25, -0.2) is 0 Å². The molecule has 1 aromatic rings. The zero-order valence-corrected chi connectivity index (χ0v) is 7.27. The highest BCUT2D eigenvalue weighted by Gasteiger charge is 2.42.